The molecular formula is C16H25ClN2O2. The van der Waals surface area contributed by atoms with Crippen LogP contribution in [0.2, 0.25) is 0 Å². The Morgan fingerprint density at radius 3 is 2.57 bits per heavy atom. The van der Waals surface area contributed by atoms with E-state index in [4.69, 9.17) is 10.5 Å². The molecule has 0 aromatic heterocycles. The molecule has 0 spiro atoms. The van der Waals surface area contributed by atoms with Crippen LogP contribution >= 0.6 is 12.4 Å². The van der Waals surface area contributed by atoms with Crippen molar-refractivity contribution in [1.82, 2.24) is 4.90 Å². The molecule has 1 aliphatic heterocycles. The van der Waals surface area contributed by atoms with E-state index in [9.17, 15) is 4.79 Å². The Balaban J connectivity index is 0.00000220. The number of nitrogens with zero attached hydrogens (tertiary/aromatic N) is 1. The third kappa shape index (κ3) is 4.90. The molecule has 1 aliphatic rings. The largest absolute Gasteiger partial charge is 0.484 e. The van der Waals surface area contributed by atoms with Crippen molar-refractivity contribution in [3.63, 3.8) is 0 Å². The van der Waals surface area contributed by atoms with Gasteiger partial charge in [0.15, 0.2) is 6.61 Å². The first-order chi connectivity index (χ1) is 9.60. The Morgan fingerprint density at radius 2 is 2.05 bits per heavy atom. The van der Waals surface area contributed by atoms with Crippen LogP contribution in [0, 0.1) is 5.92 Å². The highest BCUT2D eigenvalue weighted by Gasteiger charge is 2.25. The lowest BCUT2D eigenvalue weighted by Gasteiger charge is -2.16. The summed E-state index contributed by atoms with van der Waals surface area (Å²) in [5, 5.41) is 0. The Bertz CT molecular complexity index is 448. The standard InChI is InChI=1S/C16H24N2O2.ClH/c1-12(2)14-3-5-15(6-4-14)20-11-16(19)18-8-7-13(9-17)10-18;/h3-6,12-13H,7-11,17H2,1-2H3;1H. The van der Waals surface area contributed by atoms with Gasteiger partial charge in [0.2, 0.25) is 0 Å². The number of benzene rings is 1. The number of hydrogen-bond acceptors (Lipinski definition) is 3. The lowest BCUT2D eigenvalue weighted by atomic mass is 10.0. The highest BCUT2D eigenvalue weighted by molar-refractivity contribution is 5.85. The molecule has 1 atom stereocenters. The minimum Gasteiger partial charge on any atom is -0.484 e. The van der Waals surface area contributed by atoms with Crippen LogP contribution in [0.4, 0.5) is 0 Å². The van der Waals surface area contributed by atoms with E-state index in [1.165, 1.54) is 5.56 Å². The highest BCUT2D eigenvalue weighted by Crippen LogP contribution is 2.19. The Kier molecular flexibility index (Phi) is 6.99. The SMILES string of the molecule is CC(C)c1ccc(OCC(=O)N2CCC(CN)C2)cc1.Cl. The van der Waals surface area contributed by atoms with Gasteiger partial charge in [-0.25, -0.2) is 0 Å². The zero-order chi connectivity index (χ0) is 14.5. The molecule has 1 saturated heterocycles. The number of hydrogen-bond donors (Lipinski definition) is 1. The number of likely N-dealkylation sites (tertiary alicyclic amines) is 1. The fraction of sp³-hybridized carbons (Fsp3) is 0.562. The zero-order valence-corrected chi connectivity index (χ0v) is 13.6. The molecule has 1 unspecified atom stereocenters. The van der Waals surface area contributed by atoms with Gasteiger partial charge in [-0.3, -0.25) is 4.79 Å². The van der Waals surface area contributed by atoms with Crippen molar-refractivity contribution >= 4 is 18.3 Å². The summed E-state index contributed by atoms with van der Waals surface area (Å²) in [4.78, 5) is 13.9. The van der Waals surface area contributed by atoms with Gasteiger partial charge in [-0.1, -0.05) is 26.0 Å². The molecule has 5 heteroatoms. The number of amides is 1. The van der Waals surface area contributed by atoms with Gasteiger partial charge < -0.3 is 15.4 Å². The number of carbonyl (C=O) groups excluding carboxylic acids is 1. The molecule has 118 valence electrons. The second kappa shape index (κ2) is 8.25. The summed E-state index contributed by atoms with van der Waals surface area (Å²) in [7, 11) is 0. The normalized spacial score (nSPS) is 17.7. The maximum atomic E-state index is 12.0. The second-order valence-electron chi connectivity index (χ2n) is 5.74. The first kappa shape index (κ1) is 17.8. The summed E-state index contributed by atoms with van der Waals surface area (Å²) >= 11 is 0. The van der Waals surface area contributed by atoms with Crippen LogP contribution in [-0.2, 0) is 4.79 Å². The molecule has 0 radical (unpaired) electrons. The van der Waals surface area contributed by atoms with E-state index >= 15 is 0 Å². The smallest absolute Gasteiger partial charge is 0.260 e. The minimum atomic E-state index is 0. The van der Waals surface area contributed by atoms with Gasteiger partial charge >= 0.3 is 0 Å². The van der Waals surface area contributed by atoms with Crippen LogP contribution in [0.3, 0.4) is 0 Å². The summed E-state index contributed by atoms with van der Waals surface area (Å²) in [6.45, 7) is 6.64. The third-order valence-corrected chi connectivity index (χ3v) is 3.88. The molecule has 1 amide bonds. The molecule has 21 heavy (non-hydrogen) atoms. The number of rotatable bonds is 5. The van der Waals surface area contributed by atoms with Gasteiger partial charge in [-0.2, -0.15) is 0 Å². The fourth-order valence-electron chi connectivity index (χ4n) is 2.44. The van der Waals surface area contributed by atoms with Crippen LogP contribution in [-0.4, -0.2) is 37.0 Å². The number of nitrogens with two attached hydrogens (primary N) is 1. The van der Waals surface area contributed by atoms with E-state index < -0.39 is 0 Å². The van der Waals surface area contributed by atoms with Gasteiger partial charge in [0.25, 0.3) is 5.91 Å². The maximum absolute atomic E-state index is 12.0. The molecule has 4 nitrogen and oxygen atoms in total. The van der Waals surface area contributed by atoms with Crippen LogP contribution in [0.1, 0.15) is 31.7 Å². The van der Waals surface area contributed by atoms with Gasteiger partial charge in [0.1, 0.15) is 5.75 Å². The fourth-order valence-corrected chi connectivity index (χ4v) is 2.44. The van der Waals surface area contributed by atoms with Crippen molar-refractivity contribution in [1.29, 1.82) is 0 Å². The van der Waals surface area contributed by atoms with Crippen molar-refractivity contribution in [2.24, 2.45) is 11.7 Å². The minimum absolute atomic E-state index is 0. The first-order valence-corrected chi connectivity index (χ1v) is 7.30. The van der Waals surface area contributed by atoms with Crippen LogP contribution in [0.15, 0.2) is 24.3 Å². The molecular weight excluding hydrogens is 288 g/mol. The molecule has 1 aromatic rings. The molecule has 1 fully saturated rings. The molecule has 0 bridgehead atoms. The van der Waals surface area contributed by atoms with Gasteiger partial charge in [-0.15, -0.1) is 12.4 Å². The van der Waals surface area contributed by atoms with Crippen molar-refractivity contribution in [2.75, 3.05) is 26.2 Å². The summed E-state index contributed by atoms with van der Waals surface area (Å²) < 4.78 is 5.56. The lowest BCUT2D eigenvalue weighted by molar-refractivity contribution is -0.132. The molecule has 0 saturated carbocycles. The van der Waals surface area contributed by atoms with Gasteiger partial charge in [0, 0.05) is 13.1 Å². The zero-order valence-electron chi connectivity index (χ0n) is 12.7. The van der Waals surface area contributed by atoms with E-state index in [1.807, 2.05) is 29.2 Å². The van der Waals surface area contributed by atoms with Gasteiger partial charge in [0.05, 0.1) is 0 Å². The monoisotopic (exact) mass is 312 g/mol. The molecule has 1 aromatic carbocycles. The Morgan fingerprint density at radius 1 is 1.38 bits per heavy atom. The lowest BCUT2D eigenvalue weighted by Crippen LogP contribution is -2.33. The predicted octanol–water partition coefficient (Wildman–Crippen LogP) is 2.42. The van der Waals surface area contributed by atoms with E-state index in [1.54, 1.807) is 0 Å². The van der Waals surface area contributed by atoms with Crippen LogP contribution in [0.5, 0.6) is 5.75 Å². The third-order valence-electron chi connectivity index (χ3n) is 3.88. The molecule has 0 aliphatic carbocycles. The first-order valence-electron chi connectivity index (χ1n) is 7.30. The van der Waals surface area contributed by atoms with Crippen LogP contribution in [0.25, 0.3) is 0 Å². The molecule has 2 rings (SSSR count). The van der Waals surface area contributed by atoms with E-state index in [0.717, 1.165) is 25.3 Å². The predicted molar refractivity (Wildman–Crippen MR) is 87.0 cm³/mol. The van der Waals surface area contributed by atoms with E-state index in [2.05, 4.69) is 13.8 Å². The van der Waals surface area contributed by atoms with Crippen LogP contribution < -0.4 is 10.5 Å². The summed E-state index contributed by atoms with van der Waals surface area (Å²) in [6.07, 6.45) is 1.01. The van der Waals surface area contributed by atoms with Crippen molar-refractivity contribution in [3.8, 4) is 5.75 Å². The Labute approximate surface area is 133 Å². The summed E-state index contributed by atoms with van der Waals surface area (Å²) in [5.74, 6) is 1.75. The number of carbonyl (C=O) groups is 1. The average Bonchev–Trinajstić information content (AvgIpc) is 2.94. The van der Waals surface area contributed by atoms with Crippen molar-refractivity contribution in [3.05, 3.63) is 29.8 Å². The quantitative estimate of drug-likeness (QED) is 0.908. The van der Waals surface area contributed by atoms with Crippen molar-refractivity contribution < 1.29 is 9.53 Å². The van der Waals surface area contributed by atoms with Crippen molar-refractivity contribution in [2.45, 2.75) is 26.2 Å². The van der Waals surface area contributed by atoms with E-state index in [-0.39, 0.29) is 24.9 Å². The Hall–Kier alpha value is -1.26. The van der Waals surface area contributed by atoms with E-state index in [0.29, 0.717) is 18.4 Å². The maximum Gasteiger partial charge on any atom is 0.260 e. The summed E-state index contributed by atoms with van der Waals surface area (Å²) in [6, 6.07) is 7.94. The molecule has 1 heterocycles. The number of ether oxygens (including phenoxy) is 1. The number of halogens is 1. The van der Waals surface area contributed by atoms with Gasteiger partial charge in [-0.05, 0) is 42.5 Å². The molecule has 2 N–H and O–H groups in total. The highest BCUT2D eigenvalue weighted by atomic mass is 35.5. The topological polar surface area (TPSA) is 55.6 Å². The average molecular weight is 313 g/mol. The summed E-state index contributed by atoms with van der Waals surface area (Å²) in [5.41, 5.74) is 6.90. The second-order valence-corrected chi connectivity index (χ2v) is 5.74.